The number of aliphatic hydroxyl groups is 1. The summed E-state index contributed by atoms with van der Waals surface area (Å²) in [6.45, 7) is 4.16. The standard InChI is InChI=1S/C14H21N3O2/c18-11-10-16-6-8-17(9-7-16)14(19)4-3-13-2-1-5-15-12-13/h1-2,5,12,18H,3-4,6-11H2. The lowest BCUT2D eigenvalue weighted by Gasteiger charge is -2.34. The first-order valence-corrected chi connectivity index (χ1v) is 6.79. The summed E-state index contributed by atoms with van der Waals surface area (Å²) in [6, 6.07) is 3.90. The summed E-state index contributed by atoms with van der Waals surface area (Å²) in [6.07, 6.45) is 4.85. The molecule has 0 saturated carbocycles. The predicted octanol–water partition coefficient (Wildman–Crippen LogP) is 0.151. The molecule has 0 radical (unpaired) electrons. The predicted molar refractivity (Wildman–Crippen MR) is 72.7 cm³/mol. The van der Waals surface area contributed by atoms with Gasteiger partial charge in [0, 0.05) is 51.5 Å². The molecule has 0 atom stereocenters. The lowest BCUT2D eigenvalue weighted by atomic mass is 10.1. The fourth-order valence-corrected chi connectivity index (χ4v) is 2.32. The highest BCUT2D eigenvalue weighted by atomic mass is 16.3. The second kappa shape index (κ2) is 7.21. The van der Waals surface area contributed by atoms with E-state index in [2.05, 4.69) is 9.88 Å². The van der Waals surface area contributed by atoms with Gasteiger partial charge in [0.1, 0.15) is 0 Å². The van der Waals surface area contributed by atoms with Gasteiger partial charge in [0.15, 0.2) is 0 Å². The lowest BCUT2D eigenvalue weighted by Crippen LogP contribution is -2.49. The number of carbonyl (C=O) groups is 1. The van der Waals surface area contributed by atoms with Gasteiger partial charge >= 0.3 is 0 Å². The molecule has 1 fully saturated rings. The van der Waals surface area contributed by atoms with E-state index in [-0.39, 0.29) is 12.5 Å². The van der Waals surface area contributed by atoms with Crippen LogP contribution in [0.4, 0.5) is 0 Å². The molecule has 1 amide bonds. The van der Waals surface area contributed by atoms with E-state index in [1.54, 1.807) is 6.20 Å². The minimum absolute atomic E-state index is 0.189. The number of β-amino-alcohol motifs (C(OH)–C–C–N with tert-alkyl or cyclic N) is 1. The summed E-state index contributed by atoms with van der Waals surface area (Å²) in [4.78, 5) is 20.2. The van der Waals surface area contributed by atoms with Gasteiger partial charge in [-0.15, -0.1) is 0 Å². The maximum Gasteiger partial charge on any atom is 0.222 e. The number of aryl methyl sites for hydroxylation is 1. The molecule has 1 aromatic heterocycles. The Morgan fingerprint density at radius 3 is 2.74 bits per heavy atom. The van der Waals surface area contributed by atoms with Crippen molar-refractivity contribution in [1.82, 2.24) is 14.8 Å². The van der Waals surface area contributed by atoms with E-state index >= 15 is 0 Å². The molecule has 0 spiro atoms. The van der Waals surface area contributed by atoms with Gasteiger partial charge in [-0.25, -0.2) is 0 Å². The van der Waals surface area contributed by atoms with Crippen molar-refractivity contribution in [1.29, 1.82) is 0 Å². The summed E-state index contributed by atoms with van der Waals surface area (Å²) in [5, 5.41) is 8.88. The number of piperazine rings is 1. The Bertz CT molecular complexity index is 389. The number of aliphatic hydroxyl groups excluding tert-OH is 1. The van der Waals surface area contributed by atoms with Crippen molar-refractivity contribution in [2.45, 2.75) is 12.8 Å². The van der Waals surface area contributed by atoms with Crippen molar-refractivity contribution in [3.8, 4) is 0 Å². The molecule has 0 bridgehead atoms. The van der Waals surface area contributed by atoms with Crippen LogP contribution in [0, 0.1) is 0 Å². The second-order valence-corrected chi connectivity index (χ2v) is 4.81. The van der Waals surface area contributed by atoms with Crippen molar-refractivity contribution in [2.24, 2.45) is 0 Å². The Hall–Kier alpha value is -1.46. The number of rotatable bonds is 5. The Balaban J connectivity index is 1.73. The first-order chi connectivity index (χ1) is 9.29. The monoisotopic (exact) mass is 263 g/mol. The van der Waals surface area contributed by atoms with Crippen LogP contribution in [0.25, 0.3) is 0 Å². The summed E-state index contributed by atoms with van der Waals surface area (Å²) in [5.74, 6) is 0.215. The number of carbonyl (C=O) groups excluding carboxylic acids is 1. The summed E-state index contributed by atoms with van der Waals surface area (Å²) in [7, 11) is 0. The number of nitrogens with zero attached hydrogens (tertiary/aromatic N) is 3. The van der Waals surface area contributed by atoms with E-state index in [9.17, 15) is 4.79 Å². The van der Waals surface area contributed by atoms with Crippen molar-refractivity contribution in [2.75, 3.05) is 39.3 Å². The van der Waals surface area contributed by atoms with Gasteiger partial charge in [0.25, 0.3) is 0 Å². The molecule has 2 heterocycles. The minimum atomic E-state index is 0.189. The average Bonchev–Trinajstić information content (AvgIpc) is 2.47. The highest BCUT2D eigenvalue weighted by Crippen LogP contribution is 2.07. The molecule has 5 nitrogen and oxygen atoms in total. The Kier molecular flexibility index (Phi) is 5.30. The van der Waals surface area contributed by atoms with Gasteiger partial charge in [-0.05, 0) is 18.1 Å². The van der Waals surface area contributed by atoms with E-state index in [0.29, 0.717) is 13.0 Å². The van der Waals surface area contributed by atoms with Gasteiger partial charge in [0.2, 0.25) is 5.91 Å². The molecule has 1 saturated heterocycles. The molecule has 0 aromatic carbocycles. The smallest absolute Gasteiger partial charge is 0.222 e. The normalized spacial score (nSPS) is 16.6. The van der Waals surface area contributed by atoms with E-state index in [1.807, 2.05) is 23.2 Å². The second-order valence-electron chi connectivity index (χ2n) is 4.81. The third-order valence-electron chi connectivity index (χ3n) is 3.49. The summed E-state index contributed by atoms with van der Waals surface area (Å²) in [5.41, 5.74) is 1.11. The lowest BCUT2D eigenvalue weighted by molar-refractivity contribution is -0.132. The Labute approximate surface area is 113 Å². The van der Waals surface area contributed by atoms with Crippen molar-refractivity contribution in [3.05, 3.63) is 30.1 Å². The minimum Gasteiger partial charge on any atom is -0.395 e. The molecule has 1 aliphatic heterocycles. The van der Waals surface area contributed by atoms with Crippen LogP contribution in [0.2, 0.25) is 0 Å². The van der Waals surface area contributed by atoms with Crippen molar-refractivity contribution < 1.29 is 9.90 Å². The zero-order chi connectivity index (χ0) is 13.5. The molecular weight excluding hydrogens is 242 g/mol. The van der Waals surface area contributed by atoms with Crippen molar-refractivity contribution in [3.63, 3.8) is 0 Å². The molecule has 2 rings (SSSR count). The highest BCUT2D eigenvalue weighted by Gasteiger charge is 2.20. The highest BCUT2D eigenvalue weighted by molar-refractivity contribution is 5.76. The van der Waals surface area contributed by atoms with Gasteiger partial charge in [0.05, 0.1) is 6.61 Å². The first-order valence-electron chi connectivity index (χ1n) is 6.79. The number of aromatic nitrogens is 1. The van der Waals surface area contributed by atoms with Gasteiger partial charge in [-0.3, -0.25) is 14.7 Å². The average molecular weight is 263 g/mol. The largest absolute Gasteiger partial charge is 0.395 e. The van der Waals surface area contributed by atoms with Crippen LogP contribution in [0.5, 0.6) is 0 Å². The Morgan fingerprint density at radius 2 is 2.11 bits per heavy atom. The number of hydrogen-bond donors (Lipinski definition) is 1. The topological polar surface area (TPSA) is 56.7 Å². The van der Waals surface area contributed by atoms with E-state index in [0.717, 1.165) is 38.2 Å². The fourth-order valence-electron chi connectivity index (χ4n) is 2.32. The molecular formula is C14H21N3O2. The molecule has 104 valence electrons. The van der Waals surface area contributed by atoms with Crippen LogP contribution < -0.4 is 0 Å². The number of amides is 1. The molecule has 1 aromatic rings. The number of hydrogen-bond acceptors (Lipinski definition) is 4. The molecule has 0 unspecified atom stereocenters. The van der Waals surface area contributed by atoms with E-state index in [1.165, 1.54) is 0 Å². The van der Waals surface area contributed by atoms with Gasteiger partial charge in [-0.2, -0.15) is 0 Å². The Morgan fingerprint density at radius 1 is 1.32 bits per heavy atom. The fraction of sp³-hybridized carbons (Fsp3) is 0.571. The maximum atomic E-state index is 12.1. The molecule has 1 N–H and O–H groups in total. The molecule has 1 aliphatic rings. The summed E-state index contributed by atoms with van der Waals surface area (Å²) >= 11 is 0. The SMILES string of the molecule is O=C(CCc1cccnc1)N1CCN(CCO)CC1. The molecule has 5 heteroatoms. The molecule has 19 heavy (non-hydrogen) atoms. The molecule has 0 aliphatic carbocycles. The van der Waals surface area contributed by atoms with Gasteiger partial charge in [-0.1, -0.05) is 6.07 Å². The van der Waals surface area contributed by atoms with E-state index < -0.39 is 0 Å². The maximum absolute atomic E-state index is 12.1. The zero-order valence-electron chi connectivity index (χ0n) is 11.2. The van der Waals surface area contributed by atoms with Crippen LogP contribution in [0.15, 0.2) is 24.5 Å². The van der Waals surface area contributed by atoms with Gasteiger partial charge < -0.3 is 10.0 Å². The first kappa shape index (κ1) is 14.0. The summed E-state index contributed by atoms with van der Waals surface area (Å²) < 4.78 is 0. The van der Waals surface area contributed by atoms with Crippen LogP contribution in [-0.2, 0) is 11.2 Å². The van der Waals surface area contributed by atoms with Crippen LogP contribution in [0.3, 0.4) is 0 Å². The third-order valence-corrected chi connectivity index (χ3v) is 3.49. The van der Waals surface area contributed by atoms with Crippen LogP contribution in [-0.4, -0.2) is 65.1 Å². The number of pyridine rings is 1. The van der Waals surface area contributed by atoms with Crippen molar-refractivity contribution >= 4 is 5.91 Å². The third kappa shape index (κ3) is 4.29. The van der Waals surface area contributed by atoms with E-state index in [4.69, 9.17) is 5.11 Å². The zero-order valence-corrected chi connectivity index (χ0v) is 11.2. The quantitative estimate of drug-likeness (QED) is 0.821. The van der Waals surface area contributed by atoms with Crippen LogP contribution in [0.1, 0.15) is 12.0 Å². The van der Waals surface area contributed by atoms with Crippen LogP contribution >= 0.6 is 0 Å².